The molecule has 142 valence electrons. The molecule has 0 bridgehead atoms. The van der Waals surface area contributed by atoms with Crippen LogP contribution in [0.2, 0.25) is 0 Å². The van der Waals surface area contributed by atoms with Crippen LogP contribution in [-0.4, -0.2) is 0 Å². The van der Waals surface area contributed by atoms with E-state index in [0.717, 1.165) is 16.9 Å². The van der Waals surface area contributed by atoms with Gasteiger partial charge < -0.3 is 5.32 Å². The van der Waals surface area contributed by atoms with Gasteiger partial charge in [0.15, 0.2) is 0 Å². The fourth-order valence-electron chi connectivity index (χ4n) is 2.55. The van der Waals surface area contributed by atoms with E-state index in [1.807, 2.05) is 101 Å². The van der Waals surface area contributed by atoms with Gasteiger partial charge >= 0.3 is 26.2 Å². The first-order valence-electron chi connectivity index (χ1n) is 9.44. The summed E-state index contributed by atoms with van der Waals surface area (Å²) in [5.74, 6) is 0. The van der Waals surface area contributed by atoms with Crippen LogP contribution < -0.4 is 0 Å². The van der Waals surface area contributed by atoms with Gasteiger partial charge in [-0.15, -0.1) is 17.8 Å². The van der Waals surface area contributed by atoms with E-state index in [9.17, 15) is 0 Å². The zero-order chi connectivity index (χ0) is 20.0. The number of nitrogens with zero attached hydrogens (tertiary/aromatic N) is 1. The first-order valence-corrected chi connectivity index (χ1v) is 9.44. The van der Waals surface area contributed by atoms with Crippen molar-refractivity contribution in [2.45, 2.75) is 20.8 Å². The molecule has 2 heteroatoms. The summed E-state index contributed by atoms with van der Waals surface area (Å²) in [4.78, 5) is 0. The van der Waals surface area contributed by atoms with Gasteiger partial charge in [-0.2, -0.15) is 23.8 Å². The summed E-state index contributed by atoms with van der Waals surface area (Å²) in [7, 11) is 0. The number of aryl methyl sites for hydroxylation is 2. The molecule has 2 aliphatic rings. The first kappa shape index (κ1) is 25.9. The molecule has 0 N–H and O–H groups in total. The second kappa shape index (κ2) is 15.7. The molecule has 0 atom stereocenters. The predicted octanol–water partition coefficient (Wildman–Crippen LogP) is 7.10. The molecule has 2 fully saturated rings. The van der Waals surface area contributed by atoms with Crippen LogP contribution >= 0.6 is 0 Å². The largest absolute Gasteiger partial charge is 4.00 e. The van der Waals surface area contributed by atoms with E-state index in [-0.39, 0.29) is 26.2 Å². The van der Waals surface area contributed by atoms with Crippen molar-refractivity contribution in [3.05, 3.63) is 147 Å². The maximum Gasteiger partial charge on any atom is 4.00 e. The van der Waals surface area contributed by atoms with Crippen LogP contribution in [0.1, 0.15) is 23.6 Å². The van der Waals surface area contributed by atoms with E-state index in [1.165, 1.54) is 11.1 Å². The number of rotatable bonds is 3. The van der Waals surface area contributed by atoms with E-state index in [2.05, 4.69) is 43.4 Å². The summed E-state index contributed by atoms with van der Waals surface area (Å²) in [6.45, 7) is 6.15. The molecule has 0 heterocycles. The molecular formula is C27H27NZr+2. The van der Waals surface area contributed by atoms with Crippen molar-refractivity contribution in [1.82, 2.24) is 0 Å². The van der Waals surface area contributed by atoms with Crippen molar-refractivity contribution in [3.8, 4) is 0 Å². The third kappa shape index (κ3) is 11.0. The molecule has 2 aromatic rings. The van der Waals surface area contributed by atoms with Crippen LogP contribution in [-0.2, 0) is 26.2 Å². The Morgan fingerprint density at radius 2 is 1.03 bits per heavy atom. The van der Waals surface area contributed by atoms with Crippen LogP contribution in [0.25, 0.3) is 5.32 Å². The fraction of sp³-hybridized carbons (Fsp3) is 0.111. The van der Waals surface area contributed by atoms with Crippen LogP contribution in [0, 0.1) is 84.1 Å². The van der Waals surface area contributed by atoms with Gasteiger partial charge in [-0.25, -0.2) is 5.70 Å². The Kier molecular flexibility index (Phi) is 14.0. The van der Waals surface area contributed by atoms with Gasteiger partial charge in [-0.3, -0.25) is 0 Å². The van der Waals surface area contributed by atoms with Gasteiger partial charge in [0.2, 0.25) is 0 Å². The number of hydrogen-bond donors (Lipinski definition) is 0. The fourth-order valence-corrected chi connectivity index (χ4v) is 2.55. The van der Waals surface area contributed by atoms with Gasteiger partial charge in [0.25, 0.3) is 0 Å². The predicted molar refractivity (Wildman–Crippen MR) is 120 cm³/mol. The SMILES string of the molecule is CC(=[C-]c1ccccc1)[N-]c1c(C)cccc1C.[CH]1[CH][CH][CH][CH]1.[CH]1[CH][CH][CH][CH]1.[Zr+4]. The Morgan fingerprint density at radius 1 is 0.621 bits per heavy atom. The second-order valence-electron chi connectivity index (χ2n) is 6.35. The quantitative estimate of drug-likeness (QED) is 0.437. The molecule has 2 aliphatic carbocycles. The molecular weight excluding hydrogens is 430 g/mol. The minimum Gasteiger partial charge on any atom is -0.672 e. The first-order chi connectivity index (χ1) is 13.7. The second-order valence-corrected chi connectivity index (χ2v) is 6.35. The van der Waals surface area contributed by atoms with Crippen molar-refractivity contribution in [2.75, 3.05) is 0 Å². The molecule has 0 spiro atoms. The summed E-state index contributed by atoms with van der Waals surface area (Å²) in [5.41, 5.74) is 5.41. The summed E-state index contributed by atoms with van der Waals surface area (Å²) < 4.78 is 0. The number of hydrogen-bond acceptors (Lipinski definition) is 0. The van der Waals surface area contributed by atoms with Gasteiger partial charge in [0.05, 0.1) is 0 Å². The Hall–Kier alpha value is -1.14. The van der Waals surface area contributed by atoms with Crippen molar-refractivity contribution in [3.63, 3.8) is 0 Å². The molecule has 29 heavy (non-hydrogen) atoms. The summed E-state index contributed by atoms with van der Waals surface area (Å²) in [6, 6.07) is 16.3. The molecule has 2 aromatic carbocycles. The molecule has 0 amide bonds. The maximum absolute atomic E-state index is 4.66. The third-order valence-electron chi connectivity index (χ3n) is 3.93. The van der Waals surface area contributed by atoms with Gasteiger partial charge in [-0.1, -0.05) is 42.3 Å². The van der Waals surface area contributed by atoms with Crippen LogP contribution in [0.5, 0.6) is 0 Å². The van der Waals surface area contributed by atoms with E-state index in [1.54, 1.807) is 0 Å². The third-order valence-corrected chi connectivity index (χ3v) is 3.93. The average Bonchev–Trinajstić information content (AvgIpc) is 3.45. The molecule has 0 saturated heterocycles. The molecule has 2 saturated carbocycles. The molecule has 0 aromatic heterocycles. The number of benzene rings is 2. The molecule has 0 aliphatic heterocycles. The van der Waals surface area contributed by atoms with Crippen molar-refractivity contribution in [1.29, 1.82) is 0 Å². The van der Waals surface area contributed by atoms with Gasteiger partial charge in [-0.05, 0) is 78.1 Å². The summed E-state index contributed by atoms with van der Waals surface area (Å²) in [6.07, 6.45) is 23.3. The van der Waals surface area contributed by atoms with Crippen LogP contribution in [0.4, 0.5) is 5.69 Å². The van der Waals surface area contributed by atoms with Crippen molar-refractivity contribution in [2.24, 2.45) is 0 Å². The maximum atomic E-state index is 4.66. The Morgan fingerprint density at radius 3 is 1.45 bits per heavy atom. The smallest absolute Gasteiger partial charge is 0.672 e. The summed E-state index contributed by atoms with van der Waals surface area (Å²) in [5, 5.41) is 4.66. The van der Waals surface area contributed by atoms with E-state index >= 15 is 0 Å². The Balaban J connectivity index is 0.000000311. The average molecular weight is 457 g/mol. The standard InChI is InChI=1S/C17H17N.2C5H5.Zr/c1-13-8-7-9-14(2)17(13)18-15(3)12-16-10-5-4-6-11-16;2*1-2-4-5-3-1;/h4-11H,1-3H3;2*1-5H;/q-2;;;+4. The molecule has 4 rings (SSSR count). The van der Waals surface area contributed by atoms with E-state index in [0.29, 0.717) is 0 Å². The van der Waals surface area contributed by atoms with Crippen LogP contribution in [0.3, 0.4) is 0 Å². The normalized spacial score (nSPS) is 15.3. The zero-order valence-corrected chi connectivity index (χ0v) is 19.8. The minimum absolute atomic E-state index is 0. The van der Waals surface area contributed by atoms with Crippen LogP contribution in [0.15, 0.2) is 54.2 Å². The number of para-hydroxylation sites is 1. The van der Waals surface area contributed by atoms with Crippen molar-refractivity contribution < 1.29 is 26.2 Å². The Labute approximate surface area is 198 Å². The molecule has 1 nitrogen and oxygen atoms in total. The van der Waals surface area contributed by atoms with Gasteiger partial charge in [0, 0.05) is 0 Å². The molecule has 10 radical (unpaired) electrons. The Bertz CT molecular complexity index is 652. The zero-order valence-electron chi connectivity index (χ0n) is 17.3. The summed E-state index contributed by atoms with van der Waals surface area (Å²) >= 11 is 0. The monoisotopic (exact) mass is 455 g/mol. The number of allylic oxidation sites excluding steroid dienone is 1. The molecule has 0 unspecified atom stereocenters. The van der Waals surface area contributed by atoms with Gasteiger partial charge in [0.1, 0.15) is 0 Å². The topological polar surface area (TPSA) is 14.1 Å². The van der Waals surface area contributed by atoms with Crippen molar-refractivity contribution >= 4 is 5.69 Å². The van der Waals surface area contributed by atoms with E-state index < -0.39 is 0 Å². The minimum atomic E-state index is 0. The van der Waals surface area contributed by atoms with E-state index in [4.69, 9.17) is 0 Å².